The van der Waals surface area contributed by atoms with Crippen LogP contribution in [-0.4, -0.2) is 54.1 Å². The second kappa shape index (κ2) is 14.2. The average molecular weight is 618 g/mol. The van der Waals surface area contributed by atoms with Gasteiger partial charge < -0.3 is 9.47 Å². The summed E-state index contributed by atoms with van der Waals surface area (Å²) in [6, 6.07) is 28.2. The third kappa shape index (κ3) is 7.41. The summed E-state index contributed by atoms with van der Waals surface area (Å²) in [5.41, 5.74) is 7.82. The lowest BCUT2D eigenvalue weighted by Gasteiger charge is -2.17. The minimum atomic E-state index is 0.559. The third-order valence-corrected chi connectivity index (χ3v) is 10.5. The summed E-state index contributed by atoms with van der Waals surface area (Å²) in [6.45, 7) is 10.3. The molecule has 2 aliphatic heterocycles. The van der Waals surface area contributed by atoms with Crippen molar-refractivity contribution in [2.24, 2.45) is 0 Å². The van der Waals surface area contributed by atoms with Gasteiger partial charge in [0.05, 0.1) is 0 Å². The van der Waals surface area contributed by atoms with Crippen LogP contribution in [0.5, 0.6) is 11.6 Å². The Kier molecular flexibility index (Phi) is 9.43. The molecule has 3 aromatic carbocycles. The molecular formula is C39H43N3O2S. The van der Waals surface area contributed by atoms with Crippen LogP contribution < -0.4 is 9.47 Å². The van der Waals surface area contributed by atoms with Gasteiger partial charge in [-0.2, -0.15) is 0 Å². The number of pyridine rings is 1. The zero-order valence-electron chi connectivity index (χ0n) is 26.3. The van der Waals surface area contributed by atoms with E-state index in [1.54, 1.807) is 0 Å². The summed E-state index contributed by atoms with van der Waals surface area (Å²) in [7, 11) is 0. The average Bonchev–Trinajstić information content (AvgIpc) is 3.85. The zero-order chi connectivity index (χ0) is 30.4. The van der Waals surface area contributed by atoms with Crippen LogP contribution in [0.1, 0.15) is 53.5 Å². The molecule has 5 nitrogen and oxygen atoms in total. The number of hydrogen-bond donors (Lipinski definition) is 0. The summed E-state index contributed by atoms with van der Waals surface area (Å²) >= 11 is 1.83. The van der Waals surface area contributed by atoms with E-state index in [0.717, 1.165) is 30.8 Å². The van der Waals surface area contributed by atoms with Crippen LogP contribution in [0.2, 0.25) is 0 Å². The molecule has 0 aliphatic carbocycles. The van der Waals surface area contributed by atoms with Crippen molar-refractivity contribution in [2.45, 2.75) is 52.2 Å². The number of aryl methyl sites for hydroxylation is 1. The van der Waals surface area contributed by atoms with Crippen molar-refractivity contribution in [2.75, 3.05) is 39.3 Å². The Morgan fingerprint density at radius 1 is 0.778 bits per heavy atom. The maximum atomic E-state index is 6.22. The fourth-order valence-electron chi connectivity index (χ4n) is 6.69. The molecule has 0 N–H and O–H groups in total. The van der Waals surface area contributed by atoms with E-state index in [2.05, 4.69) is 83.5 Å². The van der Waals surface area contributed by atoms with Crippen LogP contribution >= 0.6 is 11.3 Å². The van der Waals surface area contributed by atoms with Gasteiger partial charge in [0.15, 0.2) is 0 Å². The van der Waals surface area contributed by atoms with E-state index in [1.165, 1.54) is 94.6 Å². The fraction of sp³-hybridized carbons (Fsp3) is 0.359. The first-order valence-electron chi connectivity index (χ1n) is 16.5. The van der Waals surface area contributed by atoms with E-state index in [1.807, 2.05) is 29.7 Å². The number of nitrogens with zero attached hydrogens (tertiary/aromatic N) is 3. The van der Waals surface area contributed by atoms with Crippen molar-refractivity contribution in [1.29, 1.82) is 0 Å². The quantitative estimate of drug-likeness (QED) is 0.140. The summed E-state index contributed by atoms with van der Waals surface area (Å²) < 4.78 is 13.5. The highest BCUT2D eigenvalue weighted by Gasteiger charge is 2.18. The standard InChI is InChI=1S/C39H43N3O2S/c1-29-23-31(11-12-33(29)27-42-19-7-8-20-42)24-36-35-15-14-34(44-28-30-9-3-2-4-10-30)25-37(35)45-39(36)32-13-16-38(40-26-32)43-22-21-41-17-5-6-18-41/h2-4,9-16,23,25-26H,5-8,17-22,24,27-28H2,1H3. The van der Waals surface area contributed by atoms with Crippen molar-refractivity contribution in [1.82, 2.24) is 14.8 Å². The van der Waals surface area contributed by atoms with Gasteiger partial charge in [0.25, 0.3) is 0 Å². The Bertz CT molecular complexity index is 1700. The topological polar surface area (TPSA) is 37.8 Å². The van der Waals surface area contributed by atoms with Gasteiger partial charge >= 0.3 is 0 Å². The van der Waals surface area contributed by atoms with E-state index >= 15 is 0 Å². The Balaban J connectivity index is 1.14. The van der Waals surface area contributed by atoms with Crippen LogP contribution in [0.15, 0.2) is 85.1 Å². The van der Waals surface area contributed by atoms with Gasteiger partial charge in [-0.25, -0.2) is 4.98 Å². The smallest absolute Gasteiger partial charge is 0.213 e. The summed E-state index contributed by atoms with van der Waals surface area (Å²) in [5, 5.41) is 1.28. The van der Waals surface area contributed by atoms with E-state index in [9.17, 15) is 0 Å². The number of aromatic nitrogens is 1. The first kappa shape index (κ1) is 30.0. The van der Waals surface area contributed by atoms with E-state index in [4.69, 9.17) is 14.5 Å². The van der Waals surface area contributed by atoms with Crippen molar-refractivity contribution >= 4 is 21.4 Å². The molecule has 2 aromatic heterocycles. The highest BCUT2D eigenvalue weighted by atomic mass is 32.1. The molecule has 7 rings (SSSR count). The first-order valence-corrected chi connectivity index (χ1v) is 17.3. The zero-order valence-corrected chi connectivity index (χ0v) is 27.2. The van der Waals surface area contributed by atoms with Crippen molar-refractivity contribution < 1.29 is 9.47 Å². The minimum absolute atomic E-state index is 0.559. The Morgan fingerprint density at radius 2 is 1.58 bits per heavy atom. The van der Waals surface area contributed by atoms with Gasteiger partial charge in [0, 0.05) is 40.5 Å². The summed E-state index contributed by atoms with van der Waals surface area (Å²) in [6.07, 6.45) is 8.10. The molecule has 0 unspecified atom stereocenters. The van der Waals surface area contributed by atoms with Crippen LogP contribution in [-0.2, 0) is 19.6 Å². The van der Waals surface area contributed by atoms with Crippen LogP contribution in [0, 0.1) is 6.92 Å². The van der Waals surface area contributed by atoms with Crippen molar-refractivity contribution in [3.05, 3.63) is 113 Å². The lowest BCUT2D eigenvalue weighted by molar-refractivity contribution is 0.232. The van der Waals surface area contributed by atoms with Crippen LogP contribution in [0.3, 0.4) is 0 Å². The van der Waals surface area contributed by atoms with Gasteiger partial charge in [-0.05, 0) is 123 Å². The van der Waals surface area contributed by atoms with Crippen molar-refractivity contribution in [3.8, 4) is 22.1 Å². The molecule has 6 heteroatoms. The van der Waals surface area contributed by atoms with Gasteiger partial charge in [-0.1, -0.05) is 48.5 Å². The number of rotatable bonds is 12. The van der Waals surface area contributed by atoms with E-state index in [0.29, 0.717) is 19.1 Å². The molecule has 0 saturated carbocycles. The number of benzene rings is 3. The van der Waals surface area contributed by atoms with Crippen LogP contribution in [0.4, 0.5) is 0 Å². The second-order valence-electron chi connectivity index (χ2n) is 12.5. The van der Waals surface area contributed by atoms with Crippen molar-refractivity contribution in [3.63, 3.8) is 0 Å². The molecule has 0 radical (unpaired) electrons. The van der Waals surface area contributed by atoms with Gasteiger partial charge in [-0.15, -0.1) is 11.3 Å². The Hall–Kier alpha value is -3.71. The number of thiophene rings is 1. The molecule has 0 bridgehead atoms. The lowest BCUT2D eigenvalue weighted by atomic mass is 9.96. The van der Waals surface area contributed by atoms with E-state index in [-0.39, 0.29) is 0 Å². The van der Waals surface area contributed by atoms with Crippen LogP contribution in [0.25, 0.3) is 20.5 Å². The molecule has 45 heavy (non-hydrogen) atoms. The molecule has 0 atom stereocenters. The lowest BCUT2D eigenvalue weighted by Crippen LogP contribution is -2.25. The first-order chi connectivity index (χ1) is 22.2. The normalized spacial score (nSPS) is 15.7. The predicted molar refractivity (Wildman–Crippen MR) is 185 cm³/mol. The fourth-order valence-corrected chi connectivity index (χ4v) is 7.93. The molecule has 4 heterocycles. The van der Waals surface area contributed by atoms with Gasteiger partial charge in [0.1, 0.15) is 19.0 Å². The summed E-state index contributed by atoms with van der Waals surface area (Å²) in [5.74, 6) is 1.59. The number of fused-ring (bicyclic) bond motifs is 1. The molecule has 2 aliphatic rings. The maximum Gasteiger partial charge on any atom is 0.213 e. The maximum absolute atomic E-state index is 6.22. The number of ether oxygens (including phenoxy) is 2. The van der Waals surface area contributed by atoms with Gasteiger partial charge in [-0.3, -0.25) is 9.80 Å². The Morgan fingerprint density at radius 3 is 2.33 bits per heavy atom. The molecule has 232 valence electrons. The number of hydrogen-bond acceptors (Lipinski definition) is 6. The van der Waals surface area contributed by atoms with Gasteiger partial charge in [0.2, 0.25) is 5.88 Å². The predicted octanol–water partition coefficient (Wildman–Crippen LogP) is 8.51. The molecule has 0 amide bonds. The highest BCUT2D eigenvalue weighted by molar-refractivity contribution is 7.22. The summed E-state index contributed by atoms with van der Waals surface area (Å²) in [4.78, 5) is 11.0. The monoisotopic (exact) mass is 617 g/mol. The highest BCUT2D eigenvalue weighted by Crippen LogP contribution is 2.41. The Labute approximate surface area is 271 Å². The number of likely N-dealkylation sites (tertiary alicyclic amines) is 2. The van der Waals surface area contributed by atoms with E-state index < -0.39 is 0 Å². The third-order valence-electron chi connectivity index (χ3n) is 9.25. The molecular weight excluding hydrogens is 575 g/mol. The molecule has 2 saturated heterocycles. The second-order valence-corrected chi connectivity index (χ2v) is 13.6. The molecule has 5 aromatic rings. The SMILES string of the molecule is Cc1cc(Cc2c(-c3ccc(OCCN4CCCC4)nc3)sc3cc(OCc4ccccc4)ccc23)ccc1CN1CCCC1. The molecule has 0 spiro atoms. The largest absolute Gasteiger partial charge is 0.489 e. The molecule has 2 fully saturated rings. The minimum Gasteiger partial charge on any atom is -0.489 e.